The Bertz CT molecular complexity index is 451. The molecular weight excluding hydrogens is 216 g/mol. The molecule has 3 rings (SSSR count). The van der Waals surface area contributed by atoms with Crippen LogP contribution in [-0.4, -0.2) is 18.3 Å². The molecule has 17 heavy (non-hydrogen) atoms. The van der Waals surface area contributed by atoms with Crippen LogP contribution in [0.25, 0.3) is 0 Å². The maximum atomic E-state index is 10.1. The van der Waals surface area contributed by atoms with Crippen molar-refractivity contribution >= 4 is 0 Å². The van der Waals surface area contributed by atoms with Gasteiger partial charge in [0, 0.05) is 6.42 Å². The number of fused-ring (bicyclic) bond motifs is 2. The van der Waals surface area contributed by atoms with E-state index in [9.17, 15) is 5.11 Å². The smallest absolute Gasteiger partial charge is 0.161 e. The molecule has 0 aromatic heterocycles. The van der Waals surface area contributed by atoms with Crippen LogP contribution < -0.4 is 9.47 Å². The molecule has 0 fully saturated rings. The number of hydrogen-bond donors (Lipinski definition) is 1. The maximum Gasteiger partial charge on any atom is 0.161 e. The number of benzene rings is 1. The van der Waals surface area contributed by atoms with Crippen LogP contribution in [0.15, 0.2) is 12.1 Å². The molecule has 0 bridgehead atoms. The SMILES string of the molecule is CC1(C)CC(O)c2cc3c(cc21)OCCCO3. The van der Waals surface area contributed by atoms with Crippen molar-refractivity contribution in [3.8, 4) is 11.5 Å². The molecule has 1 N–H and O–H groups in total. The van der Waals surface area contributed by atoms with Crippen LogP contribution in [-0.2, 0) is 5.41 Å². The molecule has 1 unspecified atom stereocenters. The maximum absolute atomic E-state index is 10.1. The molecule has 1 aliphatic carbocycles. The van der Waals surface area contributed by atoms with Crippen molar-refractivity contribution in [3.05, 3.63) is 23.3 Å². The van der Waals surface area contributed by atoms with E-state index in [1.54, 1.807) is 0 Å². The van der Waals surface area contributed by atoms with E-state index < -0.39 is 0 Å². The fourth-order valence-electron chi connectivity index (χ4n) is 2.79. The van der Waals surface area contributed by atoms with Crippen molar-refractivity contribution in [2.75, 3.05) is 13.2 Å². The van der Waals surface area contributed by atoms with Gasteiger partial charge in [-0.25, -0.2) is 0 Å². The highest BCUT2D eigenvalue weighted by atomic mass is 16.5. The van der Waals surface area contributed by atoms with Gasteiger partial charge in [0.05, 0.1) is 19.3 Å². The predicted octanol–water partition coefficient (Wildman–Crippen LogP) is 2.56. The molecule has 1 atom stereocenters. The second-order valence-corrected chi connectivity index (χ2v) is 5.54. The summed E-state index contributed by atoms with van der Waals surface area (Å²) in [5, 5.41) is 10.1. The highest BCUT2D eigenvalue weighted by Gasteiger charge is 2.37. The summed E-state index contributed by atoms with van der Waals surface area (Å²) in [6.07, 6.45) is 1.30. The van der Waals surface area contributed by atoms with Gasteiger partial charge in [-0.3, -0.25) is 0 Å². The normalized spacial score (nSPS) is 25.2. The fraction of sp³-hybridized carbons (Fsp3) is 0.571. The zero-order valence-corrected chi connectivity index (χ0v) is 10.3. The third kappa shape index (κ3) is 1.69. The minimum atomic E-state index is -0.378. The zero-order valence-electron chi connectivity index (χ0n) is 10.3. The summed E-state index contributed by atoms with van der Waals surface area (Å²) < 4.78 is 11.3. The average molecular weight is 234 g/mol. The molecule has 0 spiro atoms. The Morgan fingerprint density at radius 2 is 1.82 bits per heavy atom. The lowest BCUT2D eigenvalue weighted by atomic mass is 9.86. The minimum Gasteiger partial charge on any atom is -0.490 e. The van der Waals surface area contributed by atoms with Gasteiger partial charge in [-0.15, -0.1) is 0 Å². The Labute approximate surface area is 101 Å². The van der Waals surface area contributed by atoms with Crippen molar-refractivity contribution < 1.29 is 14.6 Å². The fourth-order valence-corrected chi connectivity index (χ4v) is 2.79. The molecule has 1 aromatic carbocycles. The van der Waals surface area contributed by atoms with Crippen molar-refractivity contribution in [1.82, 2.24) is 0 Å². The monoisotopic (exact) mass is 234 g/mol. The average Bonchev–Trinajstić information content (AvgIpc) is 2.46. The number of rotatable bonds is 0. The van der Waals surface area contributed by atoms with E-state index in [1.807, 2.05) is 12.1 Å². The van der Waals surface area contributed by atoms with Crippen LogP contribution in [0.3, 0.4) is 0 Å². The van der Waals surface area contributed by atoms with Crippen LogP contribution in [0.5, 0.6) is 11.5 Å². The van der Waals surface area contributed by atoms with Gasteiger partial charge < -0.3 is 14.6 Å². The number of ether oxygens (including phenoxy) is 2. The first-order valence-electron chi connectivity index (χ1n) is 6.20. The van der Waals surface area contributed by atoms with E-state index in [1.165, 1.54) is 5.56 Å². The summed E-state index contributed by atoms with van der Waals surface area (Å²) >= 11 is 0. The van der Waals surface area contributed by atoms with E-state index in [0.717, 1.165) is 29.9 Å². The molecule has 0 saturated carbocycles. The van der Waals surface area contributed by atoms with Crippen molar-refractivity contribution in [2.45, 2.75) is 38.2 Å². The molecule has 3 heteroatoms. The third-order valence-corrected chi connectivity index (χ3v) is 3.71. The highest BCUT2D eigenvalue weighted by Crippen LogP contribution is 2.48. The van der Waals surface area contributed by atoms with Crippen LogP contribution in [0, 0.1) is 0 Å². The first-order chi connectivity index (χ1) is 8.08. The van der Waals surface area contributed by atoms with Crippen LogP contribution >= 0.6 is 0 Å². The molecule has 0 amide bonds. The zero-order chi connectivity index (χ0) is 12.0. The number of aliphatic hydroxyl groups excluding tert-OH is 1. The molecule has 92 valence electrons. The molecule has 0 radical (unpaired) electrons. The first kappa shape index (κ1) is 10.9. The summed E-state index contributed by atoms with van der Waals surface area (Å²) in [5.41, 5.74) is 2.20. The van der Waals surface area contributed by atoms with Crippen molar-refractivity contribution in [1.29, 1.82) is 0 Å². The summed E-state index contributed by atoms with van der Waals surface area (Å²) in [7, 11) is 0. The molecular formula is C14H18O3. The van der Waals surface area contributed by atoms with E-state index >= 15 is 0 Å². The van der Waals surface area contributed by atoms with Crippen LogP contribution in [0.4, 0.5) is 0 Å². The molecule has 1 heterocycles. The van der Waals surface area contributed by atoms with Crippen LogP contribution in [0.1, 0.15) is 43.9 Å². The first-order valence-corrected chi connectivity index (χ1v) is 6.20. The Morgan fingerprint density at radius 1 is 1.18 bits per heavy atom. The van der Waals surface area contributed by atoms with Crippen LogP contribution in [0.2, 0.25) is 0 Å². The summed E-state index contributed by atoms with van der Waals surface area (Å²) in [6.45, 7) is 5.71. The van der Waals surface area contributed by atoms with Gasteiger partial charge in [0.1, 0.15) is 0 Å². The summed E-state index contributed by atoms with van der Waals surface area (Å²) in [4.78, 5) is 0. The Hall–Kier alpha value is -1.22. The second kappa shape index (κ2) is 3.64. The quantitative estimate of drug-likeness (QED) is 0.749. The molecule has 1 aromatic rings. The van der Waals surface area contributed by atoms with E-state index in [0.29, 0.717) is 13.2 Å². The van der Waals surface area contributed by atoms with Gasteiger partial charge in [0.15, 0.2) is 11.5 Å². The lowest BCUT2D eigenvalue weighted by molar-refractivity contribution is 0.161. The molecule has 0 saturated heterocycles. The second-order valence-electron chi connectivity index (χ2n) is 5.54. The predicted molar refractivity (Wildman–Crippen MR) is 64.7 cm³/mol. The largest absolute Gasteiger partial charge is 0.490 e. The Morgan fingerprint density at radius 3 is 2.53 bits per heavy atom. The summed E-state index contributed by atoms with van der Waals surface area (Å²) in [5.74, 6) is 1.60. The Balaban J connectivity index is 2.12. The highest BCUT2D eigenvalue weighted by molar-refractivity contribution is 5.53. The van der Waals surface area contributed by atoms with Gasteiger partial charge in [-0.05, 0) is 35.1 Å². The molecule has 1 aliphatic heterocycles. The number of hydrogen-bond acceptors (Lipinski definition) is 3. The Kier molecular flexibility index (Phi) is 2.33. The van der Waals surface area contributed by atoms with Gasteiger partial charge in [0.2, 0.25) is 0 Å². The van der Waals surface area contributed by atoms with Crippen molar-refractivity contribution in [2.24, 2.45) is 0 Å². The third-order valence-electron chi connectivity index (χ3n) is 3.71. The van der Waals surface area contributed by atoms with E-state index in [4.69, 9.17) is 9.47 Å². The van der Waals surface area contributed by atoms with Gasteiger partial charge in [-0.1, -0.05) is 13.8 Å². The van der Waals surface area contributed by atoms with Gasteiger partial charge >= 0.3 is 0 Å². The summed E-state index contributed by atoms with van der Waals surface area (Å²) in [6, 6.07) is 4.00. The minimum absolute atomic E-state index is 0.0133. The lowest BCUT2D eigenvalue weighted by Gasteiger charge is -2.19. The molecule has 3 nitrogen and oxygen atoms in total. The van der Waals surface area contributed by atoms with Crippen molar-refractivity contribution in [3.63, 3.8) is 0 Å². The van der Waals surface area contributed by atoms with E-state index in [-0.39, 0.29) is 11.5 Å². The standard InChI is InChI=1S/C14H18O3/c1-14(2)8-11(15)9-6-12-13(7-10(9)14)17-5-3-4-16-12/h6-7,11,15H,3-5,8H2,1-2H3. The van der Waals surface area contributed by atoms with E-state index in [2.05, 4.69) is 13.8 Å². The van der Waals surface area contributed by atoms with Gasteiger partial charge in [-0.2, -0.15) is 0 Å². The number of aliphatic hydroxyl groups is 1. The molecule has 2 aliphatic rings. The topological polar surface area (TPSA) is 38.7 Å². The lowest BCUT2D eigenvalue weighted by Crippen LogP contribution is -2.12. The van der Waals surface area contributed by atoms with Gasteiger partial charge in [0.25, 0.3) is 0 Å².